The molecule has 0 N–H and O–H groups in total. The molecule has 0 saturated heterocycles. The number of rotatable bonds is 7. The standard InChI is InChI=1S/C16H29NO/c1-4-5-11-18-12-10-16(13-17)8-6-15(7-9-16)14(2)3/h14-15H,4-12H2,1-3H3. The molecule has 0 aliphatic heterocycles. The smallest absolute Gasteiger partial charge is 0.0690 e. The summed E-state index contributed by atoms with van der Waals surface area (Å²) in [6.45, 7) is 8.40. The van der Waals surface area contributed by atoms with Crippen LogP contribution in [0.4, 0.5) is 0 Å². The zero-order chi connectivity index (χ0) is 13.4. The quantitative estimate of drug-likeness (QED) is 0.622. The Bertz CT molecular complexity index is 259. The molecule has 0 amide bonds. The van der Waals surface area contributed by atoms with Crippen LogP contribution in [0.25, 0.3) is 0 Å². The molecule has 0 heterocycles. The second kappa shape index (κ2) is 7.79. The van der Waals surface area contributed by atoms with Gasteiger partial charge in [0.15, 0.2) is 0 Å². The maximum absolute atomic E-state index is 9.46. The lowest BCUT2D eigenvalue weighted by molar-refractivity contribution is 0.0825. The molecule has 2 heteroatoms. The molecule has 0 spiro atoms. The first kappa shape index (κ1) is 15.5. The maximum atomic E-state index is 9.46. The van der Waals surface area contributed by atoms with E-state index in [0.717, 1.165) is 50.7 Å². The molecule has 18 heavy (non-hydrogen) atoms. The maximum Gasteiger partial charge on any atom is 0.0690 e. The molecule has 0 aromatic heterocycles. The molecule has 0 unspecified atom stereocenters. The summed E-state index contributed by atoms with van der Waals surface area (Å²) in [5.74, 6) is 1.59. The third kappa shape index (κ3) is 4.61. The van der Waals surface area contributed by atoms with Gasteiger partial charge in [0.25, 0.3) is 0 Å². The van der Waals surface area contributed by atoms with Gasteiger partial charge in [-0.1, -0.05) is 27.2 Å². The number of ether oxygens (including phenoxy) is 1. The van der Waals surface area contributed by atoms with Crippen LogP contribution in [0.5, 0.6) is 0 Å². The van der Waals surface area contributed by atoms with Crippen LogP contribution in [0.2, 0.25) is 0 Å². The lowest BCUT2D eigenvalue weighted by Gasteiger charge is -2.36. The van der Waals surface area contributed by atoms with Crippen molar-refractivity contribution in [2.24, 2.45) is 17.3 Å². The molecule has 1 rings (SSSR count). The highest BCUT2D eigenvalue weighted by Crippen LogP contribution is 2.43. The van der Waals surface area contributed by atoms with Gasteiger partial charge in [0.1, 0.15) is 0 Å². The van der Waals surface area contributed by atoms with Crippen molar-refractivity contribution in [3.05, 3.63) is 0 Å². The first-order chi connectivity index (χ1) is 8.63. The van der Waals surface area contributed by atoms with Crippen molar-refractivity contribution < 1.29 is 4.74 Å². The first-order valence-corrected chi connectivity index (χ1v) is 7.62. The van der Waals surface area contributed by atoms with Gasteiger partial charge >= 0.3 is 0 Å². The van der Waals surface area contributed by atoms with Crippen molar-refractivity contribution in [1.82, 2.24) is 0 Å². The Morgan fingerprint density at radius 1 is 1.28 bits per heavy atom. The third-order valence-corrected chi connectivity index (χ3v) is 4.53. The molecule has 0 bridgehead atoms. The molecule has 104 valence electrons. The summed E-state index contributed by atoms with van der Waals surface area (Å²) >= 11 is 0. The van der Waals surface area contributed by atoms with E-state index < -0.39 is 0 Å². The highest BCUT2D eigenvalue weighted by molar-refractivity contribution is 5.01. The van der Waals surface area contributed by atoms with E-state index in [2.05, 4.69) is 26.8 Å². The van der Waals surface area contributed by atoms with Crippen LogP contribution in [-0.2, 0) is 4.74 Å². The van der Waals surface area contributed by atoms with Crippen molar-refractivity contribution in [2.75, 3.05) is 13.2 Å². The second-order valence-corrected chi connectivity index (χ2v) is 6.19. The minimum Gasteiger partial charge on any atom is -0.381 e. The number of hydrogen-bond donors (Lipinski definition) is 0. The van der Waals surface area contributed by atoms with Crippen LogP contribution in [0, 0.1) is 28.6 Å². The summed E-state index contributed by atoms with van der Waals surface area (Å²) in [4.78, 5) is 0. The van der Waals surface area contributed by atoms with Gasteiger partial charge in [-0.15, -0.1) is 0 Å². The van der Waals surface area contributed by atoms with E-state index in [1.165, 1.54) is 19.3 Å². The fourth-order valence-electron chi connectivity index (χ4n) is 2.89. The van der Waals surface area contributed by atoms with Crippen molar-refractivity contribution in [2.45, 2.75) is 65.7 Å². The number of nitriles is 1. The van der Waals surface area contributed by atoms with Gasteiger partial charge < -0.3 is 4.74 Å². The van der Waals surface area contributed by atoms with E-state index in [0.29, 0.717) is 0 Å². The van der Waals surface area contributed by atoms with Crippen LogP contribution < -0.4 is 0 Å². The average Bonchev–Trinajstić information content (AvgIpc) is 2.39. The summed E-state index contributed by atoms with van der Waals surface area (Å²) in [6.07, 6.45) is 7.83. The Morgan fingerprint density at radius 3 is 2.44 bits per heavy atom. The predicted molar refractivity (Wildman–Crippen MR) is 75.2 cm³/mol. The lowest BCUT2D eigenvalue weighted by Crippen LogP contribution is -2.29. The summed E-state index contributed by atoms with van der Waals surface area (Å²) in [5, 5.41) is 9.46. The predicted octanol–water partition coefficient (Wildman–Crippen LogP) is 4.55. The Hall–Kier alpha value is -0.550. The molecule has 0 aromatic rings. The van der Waals surface area contributed by atoms with Gasteiger partial charge in [0.05, 0.1) is 11.5 Å². The zero-order valence-corrected chi connectivity index (χ0v) is 12.4. The van der Waals surface area contributed by atoms with Gasteiger partial charge in [0, 0.05) is 13.2 Å². The molecule has 1 aliphatic carbocycles. The van der Waals surface area contributed by atoms with E-state index in [9.17, 15) is 5.26 Å². The van der Waals surface area contributed by atoms with Crippen molar-refractivity contribution in [3.63, 3.8) is 0 Å². The van der Waals surface area contributed by atoms with Crippen molar-refractivity contribution in [3.8, 4) is 6.07 Å². The largest absolute Gasteiger partial charge is 0.381 e. The second-order valence-electron chi connectivity index (χ2n) is 6.19. The molecule has 0 aromatic carbocycles. The molecule has 2 nitrogen and oxygen atoms in total. The van der Waals surface area contributed by atoms with Crippen LogP contribution in [0.1, 0.15) is 65.7 Å². The van der Waals surface area contributed by atoms with Crippen LogP contribution in [0.3, 0.4) is 0 Å². The summed E-state index contributed by atoms with van der Waals surface area (Å²) in [5.41, 5.74) is -0.0857. The number of unbranched alkanes of at least 4 members (excludes halogenated alkanes) is 1. The topological polar surface area (TPSA) is 33.0 Å². The fourth-order valence-corrected chi connectivity index (χ4v) is 2.89. The molecule has 1 fully saturated rings. The van der Waals surface area contributed by atoms with Crippen molar-refractivity contribution >= 4 is 0 Å². The monoisotopic (exact) mass is 251 g/mol. The highest BCUT2D eigenvalue weighted by Gasteiger charge is 2.35. The minimum atomic E-state index is -0.0857. The summed E-state index contributed by atoms with van der Waals surface area (Å²) < 4.78 is 5.63. The zero-order valence-electron chi connectivity index (χ0n) is 12.4. The Morgan fingerprint density at radius 2 is 1.94 bits per heavy atom. The van der Waals surface area contributed by atoms with E-state index >= 15 is 0 Å². The molecule has 1 aliphatic rings. The minimum absolute atomic E-state index is 0.0857. The summed E-state index contributed by atoms with van der Waals surface area (Å²) in [6, 6.07) is 2.59. The van der Waals surface area contributed by atoms with Crippen molar-refractivity contribution in [1.29, 1.82) is 5.26 Å². The van der Waals surface area contributed by atoms with Gasteiger partial charge in [-0.3, -0.25) is 0 Å². The first-order valence-electron chi connectivity index (χ1n) is 7.62. The fraction of sp³-hybridized carbons (Fsp3) is 0.938. The van der Waals surface area contributed by atoms with Gasteiger partial charge in [0.2, 0.25) is 0 Å². The van der Waals surface area contributed by atoms with Gasteiger partial charge in [-0.05, 0) is 50.4 Å². The van der Waals surface area contributed by atoms with Crippen LogP contribution in [0.15, 0.2) is 0 Å². The summed E-state index contributed by atoms with van der Waals surface area (Å²) in [7, 11) is 0. The molecule has 0 radical (unpaired) electrons. The Balaban J connectivity index is 2.30. The molecule has 0 atom stereocenters. The van der Waals surface area contributed by atoms with E-state index in [-0.39, 0.29) is 5.41 Å². The molecule has 1 saturated carbocycles. The van der Waals surface area contributed by atoms with Crippen LogP contribution in [-0.4, -0.2) is 13.2 Å². The number of hydrogen-bond acceptors (Lipinski definition) is 2. The molecular weight excluding hydrogens is 222 g/mol. The highest BCUT2D eigenvalue weighted by atomic mass is 16.5. The Labute approximate surface area is 113 Å². The van der Waals surface area contributed by atoms with Gasteiger partial charge in [-0.25, -0.2) is 0 Å². The normalized spacial score (nSPS) is 28.3. The van der Waals surface area contributed by atoms with Gasteiger partial charge in [-0.2, -0.15) is 5.26 Å². The van der Waals surface area contributed by atoms with E-state index in [4.69, 9.17) is 4.74 Å². The Kier molecular flexibility index (Phi) is 6.71. The van der Waals surface area contributed by atoms with E-state index in [1.807, 2.05) is 0 Å². The number of nitrogens with zero attached hydrogens (tertiary/aromatic N) is 1. The lowest BCUT2D eigenvalue weighted by atomic mass is 9.67. The molecular formula is C16H29NO. The SMILES string of the molecule is CCCCOCCC1(C#N)CCC(C(C)C)CC1. The van der Waals surface area contributed by atoms with E-state index in [1.54, 1.807) is 0 Å². The average molecular weight is 251 g/mol. The van der Waals surface area contributed by atoms with Crippen LogP contribution >= 0.6 is 0 Å². The third-order valence-electron chi connectivity index (χ3n) is 4.53.